The first kappa shape index (κ1) is 24.2. The van der Waals surface area contributed by atoms with Gasteiger partial charge < -0.3 is 24.7 Å². The van der Waals surface area contributed by atoms with Crippen molar-refractivity contribution in [3.63, 3.8) is 0 Å². The normalized spacial score (nSPS) is 21.9. The summed E-state index contributed by atoms with van der Waals surface area (Å²) in [5, 5.41) is 3.90. The second kappa shape index (κ2) is 9.85. The third kappa shape index (κ3) is 3.99. The van der Waals surface area contributed by atoms with E-state index >= 15 is 0 Å². The second-order valence-electron chi connectivity index (χ2n) is 9.56. The first-order valence-corrected chi connectivity index (χ1v) is 12.6. The van der Waals surface area contributed by atoms with Crippen LogP contribution in [0.5, 0.6) is 5.75 Å². The number of piperidine rings is 1. The van der Waals surface area contributed by atoms with Gasteiger partial charge in [0.25, 0.3) is 0 Å². The van der Waals surface area contributed by atoms with Crippen LogP contribution in [0.2, 0.25) is 0 Å². The molecule has 1 fully saturated rings. The molecule has 5 rings (SSSR count). The Hall–Kier alpha value is -3.52. The minimum Gasteiger partial charge on any atom is -0.497 e. The fourth-order valence-electron chi connectivity index (χ4n) is 6.10. The van der Waals surface area contributed by atoms with E-state index in [4.69, 9.17) is 9.47 Å². The van der Waals surface area contributed by atoms with Crippen molar-refractivity contribution in [3.8, 4) is 5.75 Å². The molecule has 8 nitrogen and oxygen atoms in total. The molecular weight excluding hydrogens is 456 g/mol. The van der Waals surface area contributed by atoms with Crippen LogP contribution in [0.25, 0.3) is 10.9 Å². The van der Waals surface area contributed by atoms with Crippen molar-refractivity contribution in [1.82, 2.24) is 20.1 Å². The van der Waals surface area contributed by atoms with Crippen LogP contribution in [0.1, 0.15) is 30.2 Å². The molecule has 0 radical (unpaired) electrons. The average molecular weight is 491 g/mol. The maximum absolute atomic E-state index is 13.5. The van der Waals surface area contributed by atoms with Crippen molar-refractivity contribution in [1.29, 1.82) is 0 Å². The smallest absolute Gasteiger partial charge is 0.318 e. The number of benzene rings is 2. The average Bonchev–Trinajstić information content (AvgIpc) is 3.28. The highest BCUT2D eigenvalue weighted by Crippen LogP contribution is 2.48. The highest BCUT2D eigenvalue weighted by Gasteiger charge is 2.57. The van der Waals surface area contributed by atoms with Crippen LogP contribution < -0.4 is 10.1 Å². The number of hydrogen-bond acceptors (Lipinski definition) is 5. The maximum atomic E-state index is 13.5. The minimum atomic E-state index is -0.890. The molecule has 0 saturated carbocycles. The van der Waals surface area contributed by atoms with Crippen molar-refractivity contribution in [2.24, 2.45) is 5.92 Å². The van der Waals surface area contributed by atoms with Crippen molar-refractivity contribution >= 4 is 22.9 Å². The van der Waals surface area contributed by atoms with Crippen molar-refractivity contribution in [3.05, 3.63) is 65.4 Å². The molecule has 1 spiro atoms. The number of aromatic amines is 1. The maximum Gasteiger partial charge on any atom is 0.318 e. The number of methoxy groups -OCH3 is 1. The van der Waals surface area contributed by atoms with Crippen LogP contribution in [0, 0.1) is 5.92 Å². The van der Waals surface area contributed by atoms with E-state index < -0.39 is 11.5 Å². The molecule has 36 heavy (non-hydrogen) atoms. The van der Waals surface area contributed by atoms with Gasteiger partial charge in [0.1, 0.15) is 11.3 Å². The van der Waals surface area contributed by atoms with E-state index in [1.54, 1.807) is 14.2 Å². The molecule has 2 atom stereocenters. The van der Waals surface area contributed by atoms with Gasteiger partial charge in [0.15, 0.2) is 0 Å². The van der Waals surface area contributed by atoms with Crippen molar-refractivity contribution in [2.45, 2.75) is 31.8 Å². The zero-order chi connectivity index (χ0) is 25.3. The molecule has 2 aliphatic rings. The SMILES string of the molecule is CCOC(=O)C1CCN(Cc2ccccc2)CC12c1[nH]c3ccc(OC)cc3c1CCN2C(=O)NC. The Labute approximate surface area is 211 Å². The number of ether oxygens (including phenoxy) is 2. The Morgan fingerprint density at radius 2 is 1.97 bits per heavy atom. The highest BCUT2D eigenvalue weighted by molar-refractivity contribution is 5.89. The Kier molecular flexibility index (Phi) is 6.62. The molecule has 2 amide bonds. The van der Waals surface area contributed by atoms with Gasteiger partial charge >= 0.3 is 12.0 Å². The van der Waals surface area contributed by atoms with Gasteiger partial charge in [-0.1, -0.05) is 30.3 Å². The van der Waals surface area contributed by atoms with Crippen LogP contribution in [0.4, 0.5) is 4.79 Å². The van der Waals surface area contributed by atoms with Crippen LogP contribution in [0.3, 0.4) is 0 Å². The number of carbonyl (C=O) groups excluding carboxylic acids is 2. The molecule has 1 saturated heterocycles. The molecule has 3 aromatic rings. The number of carbonyl (C=O) groups is 2. The number of aromatic nitrogens is 1. The van der Waals surface area contributed by atoms with E-state index in [2.05, 4.69) is 27.3 Å². The van der Waals surface area contributed by atoms with Gasteiger partial charge in [-0.2, -0.15) is 0 Å². The summed E-state index contributed by atoms with van der Waals surface area (Å²) in [6.07, 6.45) is 1.28. The summed E-state index contributed by atoms with van der Waals surface area (Å²) in [4.78, 5) is 34.7. The fraction of sp³-hybridized carbons (Fsp3) is 0.429. The lowest BCUT2D eigenvalue weighted by atomic mass is 9.71. The second-order valence-corrected chi connectivity index (χ2v) is 9.56. The van der Waals surface area contributed by atoms with E-state index in [-0.39, 0.29) is 12.0 Å². The summed E-state index contributed by atoms with van der Waals surface area (Å²) >= 11 is 0. The molecule has 8 heteroatoms. The Morgan fingerprint density at radius 1 is 1.17 bits per heavy atom. The van der Waals surface area contributed by atoms with Crippen LogP contribution in [0.15, 0.2) is 48.5 Å². The molecule has 2 aromatic carbocycles. The lowest BCUT2D eigenvalue weighted by Gasteiger charge is -2.54. The number of H-pyrrole nitrogens is 1. The lowest BCUT2D eigenvalue weighted by molar-refractivity contribution is -0.159. The van der Waals surface area contributed by atoms with Crippen LogP contribution >= 0.6 is 0 Å². The quantitative estimate of drug-likeness (QED) is 0.533. The van der Waals surface area contributed by atoms with E-state index in [0.717, 1.165) is 41.0 Å². The Bertz CT molecular complexity index is 1260. The summed E-state index contributed by atoms with van der Waals surface area (Å²) in [5.74, 6) is 0.0361. The number of nitrogens with one attached hydrogen (secondary N) is 2. The molecule has 0 aliphatic carbocycles. The van der Waals surface area contributed by atoms with E-state index in [1.165, 1.54) is 5.56 Å². The van der Waals surface area contributed by atoms with Crippen molar-refractivity contribution < 1.29 is 19.1 Å². The fourth-order valence-corrected chi connectivity index (χ4v) is 6.10. The first-order chi connectivity index (χ1) is 17.5. The number of hydrogen-bond donors (Lipinski definition) is 2. The summed E-state index contributed by atoms with van der Waals surface area (Å²) in [6.45, 7) is 4.64. The minimum absolute atomic E-state index is 0.187. The number of likely N-dealkylation sites (tertiary alicyclic amines) is 1. The Balaban J connectivity index is 1.68. The third-order valence-corrected chi connectivity index (χ3v) is 7.67. The summed E-state index contributed by atoms with van der Waals surface area (Å²) in [6, 6.07) is 16.1. The number of nitrogens with zero attached hydrogens (tertiary/aromatic N) is 2. The van der Waals surface area contributed by atoms with Gasteiger partial charge in [0.2, 0.25) is 0 Å². The van der Waals surface area contributed by atoms with Gasteiger partial charge in [-0.15, -0.1) is 0 Å². The number of urea groups is 1. The topological polar surface area (TPSA) is 86.9 Å². The van der Waals surface area contributed by atoms with Gasteiger partial charge in [-0.3, -0.25) is 9.69 Å². The predicted octanol–water partition coefficient (Wildman–Crippen LogP) is 3.65. The Morgan fingerprint density at radius 3 is 2.69 bits per heavy atom. The third-order valence-electron chi connectivity index (χ3n) is 7.67. The van der Waals surface area contributed by atoms with Gasteiger partial charge in [-0.05, 0) is 55.6 Å². The summed E-state index contributed by atoms with van der Waals surface area (Å²) in [7, 11) is 3.31. The van der Waals surface area contributed by atoms with Gasteiger partial charge in [0, 0.05) is 43.3 Å². The number of amides is 2. The standard InChI is InChI=1S/C28H34N4O4/c1-4-36-26(33)23-13-14-31(17-19-8-6-5-7-9-19)18-28(23)25-21(12-15-32(28)27(34)29-2)22-16-20(35-3)10-11-24(22)30-25/h5-11,16,23,30H,4,12-15,17-18H2,1-3H3,(H,29,34). The van der Waals surface area contributed by atoms with E-state index in [0.29, 0.717) is 32.5 Å². The zero-order valence-corrected chi connectivity index (χ0v) is 21.2. The predicted molar refractivity (Wildman–Crippen MR) is 138 cm³/mol. The van der Waals surface area contributed by atoms with Crippen molar-refractivity contribution in [2.75, 3.05) is 40.4 Å². The number of fused-ring (bicyclic) bond motifs is 4. The van der Waals surface area contributed by atoms with Gasteiger partial charge in [0.05, 0.1) is 19.6 Å². The molecule has 0 bridgehead atoms. The molecule has 190 valence electrons. The molecular formula is C28H34N4O4. The van der Waals surface area contributed by atoms with Gasteiger partial charge in [-0.25, -0.2) is 4.79 Å². The van der Waals surface area contributed by atoms with Crippen LogP contribution in [-0.2, 0) is 28.0 Å². The first-order valence-electron chi connectivity index (χ1n) is 12.6. The summed E-state index contributed by atoms with van der Waals surface area (Å²) < 4.78 is 11.1. The zero-order valence-electron chi connectivity index (χ0n) is 21.2. The number of rotatable bonds is 5. The van der Waals surface area contributed by atoms with E-state index in [1.807, 2.05) is 48.2 Å². The molecule has 2 N–H and O–H groups in total. The lowest BCUT2D eigenvalue weighted by Crippen LogP contribution is -2.67. The molecule has 2 aliphatic heterocycles. The molecule has 1 aromatic heterocycles. The molecule has 2 unspecified atom stereocenters. The molecule has 3 heterocycles. The monoisotopic (exact) mass is 490 g/mol. The summed E-state index contributed by atoms with van der Waals surface area (Å²) in [5.41, 5.74) is 3.35. The number of esters is 1. The van der Waals surface area contributed by atoms with Crippen LogP contribution in [-0.4, -0.2) is 67.2 Å². The highest BCUT2D eigenvalue weighted by atomic mass is 16.5. The largest absolute Gasteiger partial charge is 0.497 e. The van der Waals surface area contributed by atoms with E-state index in [9.17, 15) is 9.59 Å².